The van der Waals surface area contributed by atoms with Crippen LogP contribution in [0.5, 0.6) is 0 Å². The van der Waals surface area contributed by atoms with Crippen LogP contribution in [0.2, 0.25) is 0 Å². The molecule has 23 heavy (non-hydrogen) atoms. The molecule has 1 aromatic heterocycles. The number of hydrogen-bond donors (Lipinski definition) is 0. The molecule has 0 radical (unpaired) electrons. The molecule has 0 saturated carbocycles. The van der Waals surface area contributed by atoms with Gasteiger partial charge in [-0.25, -0.2) is 4.79 Å². The number of thioether (sulfide) groups is 1. The van der Waals surface area contributed by atoms with Crippen LogP contribution < -0.4 is 5.69 Å². The zero-order chi connectivity index (χ0) is 16.1. The molecular weight excluding hydrogens is 308 g/mol. The van der Waals surface area contributed by atoms with Crippen molar-refractivity contribution >= 4 is 18.0 Å². The second kappa shape index (κ2) is 7.11. The van der Waals surface area contributed by atoms with Gasteiger partial charge in [-0.2, -0.15) is 9.36 Å². The van der Waals surface area contributed by atoms with Gasteiger partial charge >= 0.3 is 5.69 Å². The Bertz CT molecular complexity index is 850. The average molecular weight is 324 g/mol. The van der Waals surface area contributed by atoms with E-state index in [2.05, 4.69) is 29.5 Å². The minimum absolute atomic E-state index is 0.255. The summed E-state index contributed by atoms with van der Waals surface area (Å²) in [6.07, 6.45) is 1.63. The Balaban J connectivity index is 1.68. The maximum Gasteiger partial charge on any atom is 0.368 e. The summed E-state index contributed by atoms with van der Waals surface area (Å²) in [7, 11) is 0. The predicted molar refractivity (Wildman–Crippen MR) is 92.2 cm³/mol. The molecule has 0 unspecified atom stereocenters. The van der Waals surface area contributed by atoms with Crippen molar-refractivity contribution in [3.05, 3.63) is 81.6 Å². The second-order valence-corrected chi connectivity index (χ2v) is 6.04. The molecule has 3 aromatic rings. The summed E-state index contributed by atoms with van der Waals surface area (Å²) in [5.41, 5.74) is 1.98. The van der Waals surface area contributed by atoms with Gasteiger partial charge in [-0.1, -0.05) is 59.8 Å². The quantitative estimate of drug-likeness (QED) is 0.677. The van der Waals surface area contributed by atoms with Crippen LogP contribution in [0.4, 0.5) is 0 Å². The summed E-state index contributed by atoms with van der Waals surface area (Å²) in [4.78, 5) is 13.3. The van der Waals surface area contributed by atoms with E-state index in [4.69, 9.17) is 0 Å². The highest BCUT2D eigenvalue weighted by Crippen LogP contribution is 2.19. The Hall–Kier alpha value is -2.60. The number of aromatic nitrogens is 4. The zero-order valence-corrected chi connectivity index (χ0v) is 13.5. The fraction of sp³-hybridized carbons (Fsp3) is 0.118. The van der Waals surface area contributed by atoms with Crippen molar-refractivity contribution in [2.45, 2.75) is 18.4 Å². The van der Waals surface area contributed by atoms with E-state index in [9.17, 15) is 4.79 Å². The van der Waals surface area contributed by atoms with Crippen LogP contribution in [0.15, 0.2) is 69.7 Å². The molecule has 0 aliphatic rings. The molecule has 6 heteroatoms. The number of nitrogens with zero attached hydrogens (tertiary/aromatic N) is 4. The van der Waals surface area contributed by atoms with Gasteiger partial charge in [0.25, 0.3) is 0 Å². The third-order valence-electron chi connectivity index (χ3n) is 3.26. The number of aryl methyl sites for hydroxylation is 1. The van der Waals surface area contributed by atoms with Gasteiger partial charge in [-0.05, 0) is 40.5 Å². The summed E-state index contributed by atoms with van der Waals surface area (Å²) < 4.78 is 2.58. The molecule has 0 atom stereocenters. The van der Waals surface area contributed by atoms with E-state index in [1.165, 1.54) is 26.7 Å². The number of benzene rings is 2. The first kappa shape index (κ1) is 15.3. The molecule has 0 N–H and O–H groups in total. The normalized spacial score (nSPS) is 11.2. The summed E-state index contributed by atoms with van der Waals surface area (Å²) >= 11 is 1.53. The van der Waals surface area contributed by atoms with Crippen LogP contribution in [0.3, 0.4) is 0 Å². The van der Waals surface area contributed by atoms with E-state index in [0.717, 1.165) is 10.5 Å². The van der Waals surface area contributed by atoms with Crippen LogP contribution >= 0.6 is 11.8 Å². The van der Waals surface area contributed by atoms with Crippen molar-refractivity contribution in [2.24, 2.45) is 0 Å². The fourth-order valence-corrected chi connectivity index (χ4v) is 2.65. The van der Waals surface area contributed by atoms with Gasteiger partial charge in [0.15, 0.2) is 0 Å². The van der Waals surface area contributed by atoms with Gasteiger partial charge in [0.1, 0.15) is 0 Å². The van der Waals surface area contributed by atoms with E-state index in [-0.39, 0.29) is 5.69 Å². The molecule has 0 aliphatic carbocycles. The molecule has 0 aliphatic heterocycles. The van der Waals surface area contributed by atoms with Crippen molar-refractivity contribution in [1.82, 2.24) is 19.8 Å². The van der Waals surface area contributed by atoms with E-state index in [0.29, 0.717) is 6.54 Å². The summed E-state index contributed by atoms with van der Waals surface area (Å²) in [5, 5.41) is 9.61. The minimum Gasteiger partial charge on any atom is -0.244 e. The smallest absolute Gasteiger partial charge is 0.244 e. The lowest BCUT2D eigenvalue weighted by Crippen LogP contribution is -2.23. The van der Waals surface area contributed by atoms with E-state index < -0.39 is 0 Å². The summed E-state index contributed by atoms with van der Waals surface area (Å²) in [6.45, 7) is 2.47. The first-order valence-electron chi connectivity index (χ1n) is 7.18. The SMILES string of the molecule is Cc1ccc(S/C=C/n2nnn(Cc3ccccc3)c2=O)cc1. The van der Waals surface area contributed by atoms with Gasteiger partial charge in [0.2, 0.25) is 0 Å². The third kappa shape index (κ3) is 3.98. The maximum absolute atomic E-state index is 12.2. The van der Waals surface area contributed by atoms with Crippen LogP contribution in [0.1, 0.15) is 11.1 Å². The van der Waals surface area contributed by atoms with Gasteiger partial charge in [0, 0.05) is 11.1 Å². The third-order valence-corrected chi connectivity index (χ3v) is 4.07. The Morgan fingerprint density at radius 1 is 1.04 bits per heavy atom. The van der Waals surface area contributed by atoms with Gasteiger partial charge < -0.3 is 0 Å². The molecule has 0 bridgehead atoms. The first-order chi connectivity index (χ1) is 11.2. The van der Waals surface area contributed by atoms with Crippen LogP contribution in [0, 0.1) is 6.92 Å². The predicted octanol–water partition coefficient (Wildman–Crippen LogP) is 3.02. The highest BCUT2D eigenvalue weighted by Gasteiger charge is 2.04. The average Bonchev–Trinajstić information content (AvgIpc) is 2.91. The van der Waals surface area contributed by atoms with Crippen LogP contribution in [-0.2, 0) is 6.54 Å². The Morgan fingerprint density at radius 3 is 2.52 bits per heavy atom. The molecule has 5 nitrogen and oxygen atoms in total. The van der Waals surface area contributed by atoms with Gasteiger partial charge in [0.05, 0.1) is 6.54 Å². The molecular formula is C17H16N4OS. The van der Waals surface area contributed by atoms with E-state index in [1.807, 2.05) is 47.9 Å². The van der Waals surface area contributed by atoms with E-state index >= 15 is 0 Å². The zero-order valence-electron chi connectivity index (χ0n) is 12.7. The highest BCUT2D eigenvalue weighted by molar-refractivity contribution is 8.02. The molecule has 0 fully saturated rings. The van der Waals surface area contributed by atoms with Crippen LogP contribution in [0.25, 0.3) is 6.20 Å². The Kier molecular flexibility index (Phi) is 4.73. The molecule has 116 valence electrons. The minimum atomic E-state index is -0.255. The van der Waals surface area contributed by atoms with Crippen molar-refractivity contribution in [3.8, 4) is 0 Å². The molecule has 2 aromatic carbocycles. The lowest BCUT2D eigenvalue weighted by atomic mass is 10.2. The maximum atomic E-state index is 12.2. The fourth-order valence-electron chi connectivity index (χ4n) is 2.02. The largest absolute Gasteiger partial charge is 0.368 e. The lowest BCUT2D eigenvalue weighted by Gasteiger charge is -1.98. The van der Waals surface area contributed by atoms with Gasteiger partial charge in [-0.3, -0.25) is 0 Å². The Labute approximate surface area is 138 Å². The van der Waals surface area contributed by atoms with Crippen molar-refractivity contribution in [3.63, 3.8) is 0 Å². The number of rotatable bonds is 5. The van der Waals surface area contributed by atoms with E-state index in [1.54, 1.807) is 6.20 Å². The molecule has 0 amide bonds. The topological polar surface area (TPSA) is 52.7 Å². The second-order valence-electron chi connectivity index (χ2n) is 5.07. The molecule has 3 rings (SSSR count). The number of hydrogen-bond acceptors (Lipinski definition) is 4. The van der Waals surface area contributed by atoms with Gasteiger partial charge in [-0.15, -0.1) is 0 Å². The van der Waals surface area contributed by atoms with Crippen molar-refractivity contribution in [1.29, 1.82) is 0 Å². The molecule has 0 spiro atoms. The molecule has 1 heterocycles. The number of tetrazole rings is 1. The molecule has 0 saturated heterocycles. The van der Waals surface area contributed by atoms with Crippen LogP contribution in [-0.4, -0.2) is 19.8 Å². The summed E-state index contributed by atoms with van der Waals surface area (Å²) in [5.74, 6) is 0. The monoisotopic (exact) mass is 324 g/mol. The van der Waals surface area contributed by atoms with Crippen molar-refractivity contribution < 1.29 is 0 Å². The standard InChI is InChI=1S/C17H16N4OS/c1-14-7-9-16(10-8-14)23-12-11-20-17(22)21(19-18-20)13-15-5-3-2-4-6-15/h2-12H,13H2,1H3/b12-11+. The first-order valence-corrected chi connectivity index (χ1v) is 8.06. The highest BCUT2D eigenvalue weighted by atomic mass is 32.2. The lowest BCUT2D eigenvalue weighted by molar-refractivity contribution is 0.632. The van der Waals surface area contributed by atoms with Crippen molar-refractivity contribution in [2.75, 3.05) is 0 Å². The Morgan fingerprint density at radius 2 is 1.78 bits per heavy atom. The summed E-state index contributed by atoms with van der Waals surface area (Å²) in [6, 6.07) is 17.9.